The van der Waals surface area contributed by atoms with Crippen molar-refractivity contribution in [3.63, 3.8) is 0 Å². The number of carbonyl (C=O) groups excluding carboxylic acids is 1. The molecule has 3 aromatic carbocycles. The maximum atomic E-state index is 13.6. The highest BCUT2D eigenvalue weighted by Gasteiger charge is 2.19. The molecule has 0 saturated carbocycles. The van der Waals surface area contributed by atoms with Gasteiger partial charge in [0.15, 0.2) is 11.6 Å². The first-order chi connectivity index (χ1) is 18.2. The molecule has 0 aliphatic carbocycles. The van der Waals surface area contributed by atoms with Crippen LogP contribution < -0.4 is 14.2 Å². The van der Waals surface area contributed by atoms with Crippen molar-refractivity contribution in [1.82, 2.24) is 9.71 Å². The maximum Gasteiger partial charge on any atom is 0.422 e. The molecule has 9 nitrogen and oxygen atoms in total. The fourth-order valence-corrected chi connectivity index (χ4v) is 4.42. The van der Waals surface area contributed by atoms with Gasteiger partial charge in [-0.2, -0.15) is 8.42 Å². The number of aromatic amines is 1. The molecule has 38 heavy (non-hydrogen) atoms. The number of aromatic nitrogens is 1. The van der Waals surface area contributed by atoms with Crippen LogP contribution >= 0.6 is 0 Å². The van der Waals surface area contributed by atoms with Crippen LogP contribution in [-0.4, -0.2) is 39.8 Å². The number of fused-ring (bicyclic) bond motifs is 1. The van der Waals surface area contributed by atoms with Gasteiger partial charge >= 0.3 is 16.3 Å². The molecule has 0 saturated heterocycles. The van der Waals surface area contributed by atoms with Crippen molar-refractivity contribution in [2.75, 3.05) is 25.0 Å². The van der Waals surface area contributed by atoms with Gasteiger partial charge in [0.05, 0.1) is 32.6 Å². The van der Waals surface area contributed by atoms with E-state index in [1.54, 1.807) is 16.9 Å². The number of ether oxygens (including phenoxy) is 3. The Labute approximate surface area is 217 Å². The smallest absolute Gasteiger partial charge is 0.422 e. The van der Waals surface area contributed by atoms with Crippen molar-refractivity contribution in [1.29, 1.82) is 0 Å². The summed E-state index contributed by atoms with van der Waals surface area (Å²) in [5, 5.41) is 0.437. The SMILES string of the molecule is COc1ccc(-c2cc3cc(F)c(F)cc3[nH]2)cc1NS(=O)(=O)NC(=O)OCCCOCc1ccccc1. The number of hydrogen-bond acceptors (Lipinski definition) is 6. The molecule has 1 amide bonds. The molecule has 0 unspecified atom stereocenters. The standard InChI is InChI=1S/C26H25F2N3O6S/c1-35-25-9-8-18(22-14-19-12-20(27)21(28)15-23(19)29-22)13-24(25)30-38(33,34)31-26(32)37-11-5-10-36-16-17-6-3-2-4-7-17/h2-4,6-9,12-15,29-30H,5,10-11,16H2,1H3,(H,31,32). The molecular formula is C26H25F2N3O6S. The fraction of sp³-hybridized carbons (Fsp3) is 0.192. The molecule has 0 aliphatic heterocycles. The molecule has 0 fully saturated rings. The third-order valence-corrected chi connectivity index (χ3v) is 6.34. The summed E-state index contributed by atoms with van der Waals surface area (Å²) in [6.07, 6.45) is -0.780. The quantitative estimate of drug-likeness (QED) is 0.225. The molecule has 200 valence electrons. The van der Waals surface area contributed by atoms with E-state index in [9.17, 15) is 22.0 Å². The number of benzene rings is 3. The van der Waals surface area contributed by atoms with Crippen LogP contribution in [0.4, 0.5) is 19.3 Å². The lowest BCUT2D eigenvalue weighted by molar-refractivity contribution is 0.0939. The van der Waals surface area contributed by atoms with Crippen LogP contribution in [0.15, 0.2) is 66.7 Å². The van der Waals surface area contributed by atoms with Gasteiger partial charge in [-0.25, -0.2) is 18.3 Å². The Kier molecular flexibility index (Phi) is 8.44. The molecule has 12 heteroatoms. The third-order valence-electron chi connectivity index (χ3n) is 5.41. The maximum absolute atomic E-state index is 13.6. The Morgan fingerprint density at radius 2 is 1.74 bits per heavy atom. The number of hydrogen-bond donors (Lipinski definition) is 3. The number of halogens is 2. The second kappa shape index (κ2) is 11.9. The van der Waals surface area contributed by atoms with Gasteiger partial charge in [-0.1, -0.05) is 30.3 Å². The van der Waals surface area contributed by atoms with Crippen LogP contribution in [0.5, 0.6) is 5.75 Å². The van der Waals surface area contributed by atoms with E-state index in [0.29, 0.717) is 41.8 Å². The monoisotopic (exact) mass is 545 g/mol. The largest absolute Gasteiger partial charge is 0.495 e. The van der Waals surface area contributed by atoms with Crippen molar-refractivity contribution in [2.45, 2.75) is 13.0 Å². The van der Waals surface area contributed by atoms with Gasteiger partial charge in [0.1, 0.15) is 5.75 Å². The zero-order valence-electron chi connectivity index (χ0n) is 20.3. The van der Waals surface area contributed by atoms with Gasteiger partial charge in [-0.05, 0) is 35.9 Å². The number of H-pyrrole nitrogens is 1. The Morgan fingerprint density at radius 3 is 2.50 bits per heavy atom. The average molecular weight is 546 g/mol. The fourth-order valence-electron chi connectivity index (χ4n) is 3.64. The lowest BCUT2D eigenvalue weighted by Crippen LogP contribution is -2.36. The van der Waals surface area contributed by atoms with Gasteiger partial charge in [-0.3, -0.25) is 4.72 Å². The van der Waals surface area contributed by atoms with Crippen molar-refractivity contribution in [2.24, 2.45) is 0 Å². The molecule has 1 aromatic heterocycles. The van der Waals surface area contributed by atoms with Crippen molar-refractivity contribution in [3.05, 3.63) is 83.9 Å². The normalized spacial score (nSPS) is 11.3. The van der Waals surface area contributed by atoms with Gasteiger partial charge < -0.3 is 19.2 Å². The molecular weight excluding hydrogens is 520 g/mol. The van der Waals surface area contributed by atoms with Gasteiger partial charge in [0.25, 0.3) is 0 Å². The number of rotatable bonds is 11. The van der Waals surface area contributed by atoms with E-state index in [-0.39, 0.29) is 18.0 Å². The van der Waals surface area contributed by atoms with Crippen molar-refractivity contribution in [3.8, 4) is 17.0 Å². The van der Waals surface area contributed by atoms with Gasteiger partial charge in [-0.15, -0.1) is 0 Å². The molecule has 4 aromatic rings. The number of anilines is 1. The summed E-state index contributed by atoms with van der Waals surface area (Å²) in [6, 6.07) is 17.8. The van der Waals surface area contributed by atoms with Crippen LogP contribution in [0.3, 0.4) is 0 Å². The lowest BCUT2D eigenvalue weighted by Gasteiger charge is -2.14. The summed E-state index contributed by atoms with van der Waals surface area (Å²) < 4.78 is 71.9. The second-order valence-electron chi connectivity index (χ2n) is 8.19. The summed E-state index contributed by atoms with van der Waals surface area (Å²) in [5.41, 5.74) is 2.38. The van der Waals surface area contributed by atoms with Gasteiger partial charge in [0, 0.05) is 34.6 Å². The zero-order chi connectivity index (χ0) is 27.1. The zero-order valence-corrected chi connectivity index (χ0v) is 21.1. The molecule has 1 heterocycles. The molecule has 3 N–H and O–H groups in total. The number of nitrogens with one attached hydrogen (secondary N) is 3. The Morgan fingerprint density at radius 1 is 0.974 bits per heavy atom. The van der Waals surface area contributed by atoms with Crippen LogP contribution in [0.1, 0.15) is 12.0 Å². The van der Waals surface area contributed by atoms with Crippen LogP contribution in [0, 0.1) is 11.6 Å². The minimum absolute atomic E-state index is 0.0237. The van der Waals surface area contributed by atoms with Crippen LogP contribution in [-0.2, 0) is 26.3 Å². The average Bonchev–Trinajstić information content (AvgIpc) is 3.29. The van der Waals surface area contributed by atoms with Crippen LogP contribution in [0.2, 0.25) is 0 Å². The summed E-state index contributed by atoms with van der Waals surface area (Å²) in [7, 11) is -3.03. The van der Waals surface area contributed by atoms with E-state index in [1.807, 2.05) is 30.3 Å². The van der Waals surface area contributed by atoms with E-state index in [1.165, 1.54) is 19.2 Å². The highest BCUT2D eigenvalue weighted by atomic mass is 32.2. The predicted molar refractivity (Wildman–Crippen MR) is 138 cm³/mol. The predicted octanol–water partition coefficient (Wildman–Crippen LogP) is 5.11. The summed E-state index contributed by atoms with van der Waals surface area (Å²) in [6.45, 7) is 0.694. The van der Waals surface area contributed by atoms with E-state index in [0.717, 1.165) is 17.7 Å². The molecule has 0 bridgehead atoms. The number of carbonyl (C=O) groups is 1. The van der Waals surface area contributed by atoms with Crippen molar-refractivity contribution >= 4 is 32.9 Å². The summed E-state index contributed by atoms with van der Waals surface area (Å²) >= 11 is 0. The number of methoxy groups -OCH3 is 1. The topological polar surface area (TPSA) is 119 Å². The highest BCUT2D eigenvalue weighted by molar-refractivity contribution is 7.91. The minimum atomic E-state index is -4.38. The highest BCUT2D eigenvalue weighted by Crippen LogP contribution is 2.32. The molecule has 0 spiro atoms. The van der Waals surface area contributed by atoms with Gasteiger partial charge in [0.2, 0.25) is 0 Å². The molecule has 0 aliphatic rings. The van der Waals surface area contributed by atoms with E-state index in [2.05, 4.69) is 9.71 Å². The van der Waals surface area contributed by atoms with E-state index in [4.69, 9.17) is 14.2 Å². The first kappa shape index (κ1) is 26.9. The first-order valence-corrected chi connectivity index (χ1v) is 13.0. The molecule has 0 radical (unpaired) electrons. The lowest BCUT2D eigenvalue weighted by atomic mass is 10.1. The van der Waals surface area contributed by atoms with E-state index < -0.39 is 27.9 Å². The third kappa shape index (κ3) is 6.99. The molecule has 0 atom stereocenters. The Hall–Kier alpha value is -4.16. The summed E-state index contributed by atoms with van der Waals surface area (Å²) in [4.78, 5) is 15.0. The van der Waals surface area contributed by atoms with Crippen LogP contribution in [0.25, 0.3) is 22.2 Å². The minimum Gasteiger partial charge on any atom is -0.495 e. The Balaban J connectivity index is 1.34. The van der Waals surface area contributed by atoms with Crippen molar-refractivity contribution < 1.29 is 36.2 Å². The summed E-state index contributed by atoms with van der Waals surface area (Å²) in [5.74, 6) is -1.80. The molecule has 4 rings (SSSR count). The number of amides is 1. The second-order valence-corrected chi connectivity index (χ2v) is 9.60. The van der Waals surface area contributed by atoms with E-state index >= 15 is 0 Å². The Bertz CT molecular complexity index is 1490. The first-order valence-electron chi connectivity index (χ1n) is 11.5.